The molecule has 142 valence electrons. The second-order valence-electron chi connectivity index (χ2n) is 6.43. The Balaban J connectivity index is 1.68. The van der Waals surface area contributed by atoms with Crippen molar-refractivity contribution in [3.8, 4) is 17.2 Å². The minimum Gasteiger partial charge on any atom is -0.497 e. The van der Waals surface area contributed by atoms with E-state index in [0.29, 0.717) is 17.1 Å². The Morgan fingerprint density at radius 3 is 2.75 bits per heavy atom. The fourth-order valence-electron chi connectivity index (χ4n) is 3.20. The fourth-order valence-corrected chi connectivity index (χ4v) is 3.20. The van der Waals surface area contributed by atoms with Crippen molar-refractivity contribution in [3.05, 3.63) is 59.5 Å². The van der Waals surface area contributed by atoms with E-state index in [1.165, 1.54) is 0 Å². The highest BCUT2D eigenvalue weighted by Crippen LogP contribution is 2.36. The number of methoxy groups -OCH3 is 1. The van der Waals surface area contributed by atoms with Crippen molar-refractivity contribution in [2.24, 2.45) is 12.8 Å². The number of carbonyl (C=O) groups is 2. The molecule has 0 atom stereocenters. The van der Waals surface area contributed by atoms with E-state index >= 15 is 0 Å². The van der Waals surface area contributed by atoms with Crippen LogP contribution in [0.2, 0.25) is 0 Å². The number of ketones is 1. The molecule has 28 heavy (non-hydrogen) atoms. The highest BCUT2D eigenvalue weighted by atomic mass is 16.5. The van der Waals surface area contributed by atoms with Crippen LogP contribution in [-0.4, -0.2) is 30.0 Å². The van der Waals surface area contributed by atoms with Crippen LogP contribution in [0, 0.1) is 0 Å². The summed E-state index contributed by atoms with van der Waals surface area (Å²) < 4.78 is 18.3. The van der Waals surface area contributed by atoms with Gasteiger partial charge < -0.3 is 24.5 Å². The SMILES string of the molecule is COc1ccc2c(c1)c(C=C1Oc3cc(OCC(N)=O)ccc3C1=O)cn2C. The predicted octanol–water partition coefficient (Wildman–Crippen LogP) is 2.67. The maximum Gasteiger partial charge on any atom is 0.255 e. The van der Waals surface area contributed by atoms with Gasteiger partial charge in [-0.15, -0.1) is 0 Å². The Morgan fingerprint density at radius 2 is 2.00 bits per heavy atom. The van der Waals surface area contributed by atoms with E-state index in [1.807, 2.05) is 36.0 Å². The van der Waals surface area contributed by atoms with Crippen LogP contribution in [-0.2, 0) is 11.8 Å². The number of hydrogen-bond acceptors (Lipinski definition) is 5. The van der Waals surface area contributed by atoms with Gasteiger partial charge in [-0.05, 0) is 36.4 Å². The fraction of sp³-hybridized carbons (Fsp3) is 0.143. The van der Waals surface area contributed by atoms with Gasteiger partial charge in [0.1, 0.15) is 17.2 Å². The molecule has 1 aliphatic heterocycles. The topological polar surface area (TPSA) is 92.8 Å². The number of allylic oxidation sites excluding steroid dienone is 1. The van der Waals surface area contributed by atoms with Gasteiger partial charge in [-0.3, -0.25) is 9.59 Å². The van der Waals surface area contributed by atoms with Gasteiger partial charge in [0.15, 0.2) is 12.4 Å². The van der Waals surface area contributed by atoms with Crippen molar-refractivity contribution in [2.75, 3.05) is 13.7 Å². The van der Waals surface area contributed by atoms with Gasteiger partial charge in [0.2, 0.25) is 5.78 Å². The number of fused-ring (bicyclic) bond motifs is 2. The van der Waals surface area contributed by atoms with Crippen molar-refractivity contribution in [1.82, 2.24) is 4.57 Å². The molecule has 0 spiro atoms. The number of amides is 1. The lowest BCUT2D eigenvalue weighted by atomic mass is 10.1. The third-order valence-corrected chi connectivity index (χ3v) is 4.54. The summed E-state index contributed by atoms with van der Waals surface area (Å²) in [7, 11) is 3.55. The summed E-state index contributed by atoms with van der Waals surface area (Å²) in [5.41, 5.74) is 7.38. The van der Waals surface area contributed by atoms with Crippen LogP contribution in [0.3, 0.4) is 0 Å². The highest BCUT2D eigenvalue weighted by molar-refractivity contribution is 6.15. The number of rotatable bonds is 5. The molecule has 0 aliphatic carbocycles. The lowest BCUT2D eigenvalue weighted by molar-refractivity contribution is -0.119. The van der Waals surface area contributed by atoms with E-state index < -0.39 is 5.91 Å². The summed E-state index contributed by atoms with van der Waals surface area (Å²) in [5.74, 6) is 0.951. The first kappa shape index (κ1) is 17.7. The zero-order valence-corrected chi connectivity index (χ0v) is 15.4. The lowest BCUT2D eigenvalue weighted by Crippen LogP contribution is -2.19. The molecule has 0 radical (unpaired) electrons. The van der Waals surface area contributed by atoms with Crippen LogP contribution in [0.25, 0.3) is 17.0 Å². The van der Waals surface area contributed by atoms with Crippen LogP contribution in [0.1, 0.15) is 15.9 Å². The molecular formula is C21H18N2O5. The smallest absolute Gasteiger partial charge is 0.255 e. The average Bonchev–Trinajstić information content (AvgIpc) is 3.16. The molecule has 2 N–H and O–H groups in total. The van der Waals surface area contributed by atoms with Crippen LogP contribution in [0.5, 0.6) is 17.2 Å². The molecule has 3 aromatic rings. The van der Waals surface area contributed by atoms with Crippen LogP contribution in [0.4, 0.5) is 0 Å². The maximum absolute atomic E-state index is 12.7. The van der Waals surface area contributed by atoms with Gasteiger partial charge in [0.25, 0.3) is 5.91 Å². The monoisotopic (exact) mass is 378 g/mol. The molecule has 2 aromatic carbocycles. The lowest BCUT2D eigenvalue weighted by Gasteiger charge is -2.04. The minimum absolute atomic E-state index is 0.212. The van der Waals surface area contributed by atoms with Crippen molar-refractivity contribution in [1.29, 1.82) is 0 Å². The average molecular weight is 378 g/mol. The Hall–Kier alpha value is -3.74. The summed E-state index contributed by atoms with van der Waals surface area (Å²) >= 11 is 0. The number of benzene rings is 2. The maximum atomic E-state index is 12.7. The Kier molecular flexibility index (Phi) is 4.27. The largest absolute Gasteiger partial charge is 0.497 e. The first-order valence-electron chi connectivity index (χ1n) is 8.59. The molecule has 7 heteroatoms. The van der Waals surface area contributed by atoms with E-state index in [9.17, 15) is 9.59 Å². The summed E-state index contributed by atoms with van der Waals surface area (Å²) in [6, 6.07) is 10.6. The highest BCUT2D eigenvalue weighted by Gasteiger charge is 2.28. The van der Waals surface area contributed by atoms with Gasteiger partial charge in [-0.25, -0.2) is 0 Å². The number of aromatic nitrogens is 1. The molecule has 4 rings (SSSR count). The standard InChI is InChI=1S/C21H18N2O5/c1-23-10-12(16-8-13(26-2)4-6-17(16)23)7-19-21(25)15-5-3-14(9-18(15)28-19)27-11-20(22)24/h3-10H,11H2,1-2H3,(H2,22,24). The van der Waals surface area contributed by atoms with Crippen molar-refractivity contribution >= 4 is 28.7 Å². The Labute approximate surface area is 160 Å². The van der Waals surface area contributed by atoms with Crippen LogP contribution in [0.15, 0.2) is 48.4 Å². The molecule has 0 saturated heterocycles. The quantitative estimate of drug-likeness (QED) is 0.689. The second kappa shape index (κ2) is 6.77. The molecule has 2 heterocycles. The first-order valence-corrected chi connectivity index (χ1v) is 8.59. The van der Waals surface area contributed by atoms with E-state index in [-0.39, 0.29) is 18.1 Å². The molecule has 7 nitrogen and oxygen atoms in total. The molecule has 0 bridgehead atoms. The number of nitrogens with two attached hydrogens (primary N) is 1. The summed E-state index contributed by atoms with van der Waals surface area (Å²) in [5, 5.41) is 0.951. The number of hydrogen-bond donors (Lipinski definition) is 1. The molecule has 1 amide bonds. The van der Waals surface area contributed by atoms with Crippen molar-refractivity contribution in [3.63, 3.8) is 0 Å². The normalized spacial score (nSPS) is 14.2. The van der Waals surface area contributed by atoms with E-state index in [4.69, 9.17) is 19.9 Å². The second-order valence-corrected chi connectivity index (χ2v) is 6.43. The molecule has 0 unspecified atom stereocenters. The zero-order valence-electron chi connectivity index (χ0n) is 15.4. The zero-order chi connectivity index (χ0) is 19.8. The van der Waals surface area contributed by atoms with Crippen molar-refractivity contribution in [2.45, 2.75) is 0 Å². The van der Waals surface area contributed by atoms with Gasteiger partial charge >= 0.3 is 0 Å². The number of aryl methyl sites for hydroxylation is 1. The molecule has 0 saturated carbocycles. The number of nitrogens with zero attached hydrogens (tertiary/aromatic N) is 1. The summed E-state index contributed by atoms with van der Waals surface area (Å²) in [6.07, 6.45) is 3.65. The van der Waals surface area contributed by atoms with Gasteiger partial charge in [-0.1, -0.05) is 0 Å². The third-order valence-electron chi connectivity index (χ3n) is 4.54. The van der Waals surface area contributed by atoms with E-state index in [2.05, 4.69) is 0 Å². The Bertz CT molecular complexity index is 1140. The van der Waals surface area contributed by atoms with Gasteiger partial charge in [0, 0.05) is 35.8 Å². The summed E-state index contributed by atoms with van der Waals surface area (Å²) in [4.78, 5) is 23.6. The third kappa shape index (κ3) is 3.07. The Morgan fingerprint density at radius 1 is 1.21 bits per heavy atom. The van der Waals surface area contributed by atoms with Crippen molar-refractivity contribution < 1.29 is 23.8 Å². The van der Waals surface area contributed by atoms with E-state index in [0.717, 1.165) is 22.2 Å². The molecular weight excluding hydrogens is 360 g/mol. The molecule has 0 fully saturated rings. The number of Topliss-reactive ketones (excluding diaryl/α,β-unsaturated/α-hetero) is 1. The van der Waals surface area contributed by atoms with Gasteiger partial charge in [-0.2, -0.15) is 0 Å². The molecule has 1 aromatic heterocycles. The molecule has 1 aliphatic rings. The number of carbonyl (C=O) groups excluding carboxylic acids is 2. The first-order chi connectivity index (χ1) is 13.5. The van der Waals surface area contributed by atoms with Crippen LogP contribution >= 0.6 is 0 Å². The summed E-state index contributed by atoms with van der Waals surface area (Å²) in [6.45, 7) is -0.243. The number of primary amides is 1. The van der Waals surface area contributed by atoms with Crippen LogP contribution < -0.4 is 19.9 Å². The van der Waals surface area contributed by atoms with Gasteiger partial charge in [0.05, 0.1) is 12.7 Å². The number of ether oxygens (including phenoxy) is 3. The van der Waals surface area contributed by atoms with E-state index in [1.54, 1.807) is 31.4 Å². The predicted molar refractivity (Wildman–Crippen MR) is 104 cm³/mol. The minimum atomic E-state index is -0.579.